The summed E-state index contributed by atoms with van der Waals surface area (Å²) in [5.41, 5.74) is 1.26. The van der Waals surface area contributed by atoms with Gasteiger partial charge in [0.05, 0.1) is 13.0 Å². The summed E-state index contributed by atoms with van der Waals surface area (Å²) >= 11 is 5.80. The number of halogens is 2. The second kappa shape index (κ2) is 7.23. The maximum Gasteiger partial charge on any atom is 0.310 e. The highest BCUT2D eigenvalue weighted by molar-refractivity contribution is 14.1. The van der Waals surface area contributed by atoms with E-state index in [-0.39, 0.29) is 23.8 Å². The summed E-state index contributed by atoms with van der Waals surface area (Å²) < 4.78 is 7.36. The van der Waals surface area contributed by atoms with Crippen molar-refractivity contribution < 1.29 is 9.53 Å². The molecule has 0 unspecified atom stereocenters. The Kier molecular flexibility index (Phi) is 5.48. The molecule has 2 heterocycles. The van der Waals surface area contributed by atoms with Crippen molar-refractivity contribution >= 4 is 44.5 Å². The molecule has 0 saturated carbocycles. The Morgan fingerprint density at radius 3 is 2.70 bits per heavy atom. The summed E-state index contributed by atoms with van der Waals surface area (Å²) in [7, 11) is 1.50. The van der Waals surface area contributed by atoms with Gasteiger partial charge in [0.1, 0.15) is 0 Å². The quantitative estimate of drug-likeness (QED) is 0.466. The number of hydrogen-bond donors (Lipinski definition) is 0. The first-order valence-corrected chi connectivity index (χ1v) is 9.80. The molecule has 3 nitrogen and oxygen atoms in total. The third-order valence-corrected chi connectivity index (χ3v) is 6.16. The van der Waals surface area contributed by atoms with Crippen molar-refractivity contribution in [1.82, 2.24) is 4.90 Å². The van der Waals surface area contributed by atoms with Crippen LogP contribution in [0.25, 0.3) is 0 Å². The number of fused-ring (bicyclic) bond motifs is 2. The Hall–Kier alpha value is -0.400. The van der Waals surface area contributed by atoms with E-state index in [4.69, 9.17) is 4.74 Å². The highest BCUT2D eigenvalue weighted by atomic mass is 127. The molecule has 5 heteroatoms. The van der Waals surface area contributed by atoms with Gasteiger partial charge < -0.3 is 4.74 Å². The summed E-state index contributed by atoms with van der Waals surface area (Å²) in [6.07, 6.45) is 3.22. The number of carbonyl (C=O) groups is 1. The van der Waals surface area contributed by atoms with Gasteiger partial charge in [-0.05, 0) is 59.5 Å². The number of ether oxygens (including phenoxy) is 1. The van der Waals surface area contributed by atoms with E-state index in [0.717, 1.165) is 30.3 Å². The fraction of sp³-hybridized carbons (Fsp3) is 0.500. The van der Waals surface area contributed by atoms with E-state index >= 15 is 0 Å². The van der Waals surface area contributed by atoms with Gasteiger partial charge in [-0.25, -0.2) is 0 Å². The predicted octanol–water partition coefficient (Wildman–Crippen LogP) is 4.31. The predicted molar refractivity (Wildman–Crippen MR) is 104 cm³/mol. The second-order valence-corrected chi connectivity index (χ2v) is 8.80. The molecule has 0 radical (unpaired) electrons. The molecular weight excluding hydrogens is 469 g/mol. The SMILES string of the molecule is C=C(Br)CN1[C@H]2CC[C@@H]1[C@@H](C(=O)OC)[C@@H](c1ccc(I)cc1)C2. The molecule has 23 heavy (non-hydrogen) atoms. The molecule has 3 rings (SSSR count). The zero-order valence-corrected chi connectivity index (χ0v) is 16.9. The molecular formula is C18H21BrINO2. The normalized spacial score (nSPS) is 30.2. The molecule has 4 atom stereocenters. The van der Waals surface area contributed by atoms with E-state index < -0.39 is 0 Å². The molecule has 124 valence electrons. The third kappa shape index (κ3) is 3.51. The summed E-state index contributed by atoms with van der Waals surface area (Å²) in [5, 5.41) is 0. The molecule has 2 bridgehead atoms. The number of piperidine rings is 1. The zero-order valence-electron chi connectivity index (χ0n) is 13.2. The first-order chi connectivity index (χ1) is 11.0. The lowest BCUT2D eigenvalue weighted by molar-refractivity contribution is -0.150. The fourth-order valence-corrected chi connectivity index (χ4v) is 4.92. The Bertz CT molecular complexity index is 604. The topological polar surface area (TPSA) is 29.5 Å². The molecule has 2 fully saturated rings. The van der Waals surface area contributed by atoms with Crippen LogP contribution >= 0.6 is 38.5 Å². The number of rotatable bonds is 4. The third-order valence-electron chi connectivity index (χ3n) is 5.19. The molecule has 0 aliphatic carbocycles. The molecule has 2 aliphatic heterocycles. The number of hydrogen-bond acceptors (Lipinski definition) is 3. The lowest BCUT2D eigenvalue weighted by atomic mass is 9.76. The maximum absolute atomic E-state index is 12.6. The van der Waals surface area contributed by atoms with Crippen molar-refractivity contribution in [3.05, 3.63) is 44.5 Å². The minimum atomic E-state index is -0.0920. The standard InChI is InChI=1S/C18H21BrINO2/c1-11(19)10-21-14-7-8-16(21)17(18(22)23-2)15(9-14)12-3-5-13(20)6-4-12/h3-6,14-17H,1,7-10H2,2H3/t14-,15+,16+,17-/m0/s1. The van der Waals surface area contributed by atoms with Crippen LogP contribution in [-0.4, -0.2) is 36.6 Å². The molecule has 2 aliphatic rings. The van der Waals surface area contributed by atoms with Crippen LogP contribution in [0, 0.1) is 9.49 Å². The summed E-state index contributed by atoms with van der Waals surface area (Å²) in [5.74, 6) is 0.0755. The van der Waals surface area contributed by atoms with Crippen molar-refractivity contribution in [3.63, 3.8) is 0 Å². The van der Waals surface area contributed by atoms with Gasteiger partial charge in [-0.1, -0.05) is 34.6 Å². The second-order valence-electron chi connectivity index (χ2n) is 6.43. The van der Waals surface area contributed by atoms with Crippen LogP contribution in [0.1, 0.15) is 30.7 Å². The smallest absolute Gasteiger partial charge is 0.310 e. The maximum atomic E-state index is 12.6. The summed E-state index contributed by atoms with van der Waals surface area (Å²) in [6, 6.07) is 9.36. The van der Waals surface area contributed by atoms with E-state index in [9.17, 15) is 4.79 Å². The number of esters is 1. The van der Waals surface area contributed by atoms with Crippen LogP contribution < -0.4 is 0 Å². The summed E-state index contributed by atoms with van der Waals surface area (Å²) in [6.45, 7) is 4.79. The molecule has 0 aromatic heterocycles. The Balaban J connectivity index is 1.93. The van der Waals surface area contributed by atoms with Crippen molar-refractivity contribution in [2.45, 2.75) is 37.3 Å². The van der Waals surface area contributed by atoms with Gasteiger partial charge in [0.2, 0.25) is 0 Å². The van der Waals surface area contributed by atoms with Gasteiger partial charge >= 0.3 is 5.97 Å². The molecule has 1 aromatic carbocycles. The monoisotopic (exact) mass is 489 g/mol. The lowest BCUT2D eigenvalue weighted by Crippen LogP contribution is -2.51. The van der Waals surface area contributed by atoms with Gasteiger partial charge in [-0.2, -0.15) is 0 Å². The van der Waals surface area contributed by atoms with E-state index in [1.807, 2.05) is 0 Å². The minimum absolute atomic E-state index is 0.0796. The van der Waals surface area contributed by atoms with Crippen LogP contribution in [0.15, 0.2) is 35.3 Å². The van der Waals surface area contributed by atoms with Crippen LogP contribution in [0.5, 0.6) is 0 Å². The average Bonchev–Trinajstić information content (AvgIpc) is 2.79. The first kappa shape index (κ1) is 17.4. The average molecular weight is 490 g/mol. The lowest BCUT2D eigenvalue weighted by Gasteiger charge is -2.43. The Morgan fingerprint density at radius 1 is 1.39 bits per heavy atom. The van der Waals surface area contributed by atoms with E-state index in [1.165, 1.54) is 16.2 Å². The van der Waals surface area contributed by atoms with E-state index in [0.29, 0.717) is 6.04 Å². The first-order valence-electron chi connectivity index (χ1n) is 7.93. The van der Waals surface area contributed by atoms with Crippen molar-refractivity contribution in [2.75, 3.05) is 13.7 Å². The van der Waals surface area contributed by atoms with Crippen LogP contribution in [0.4, 0.5) is 0 Å². The van der Waals surface area contributed by atoms with E-state index in [2.05, 4.69) is 74.3 Å². The van der Waals surface area contributed by atoms with E-state index in [1.54, 1.807) is 0 Å². The highest BCUT2D eigenvalue weighted by Gasteiger charge is 2.50. The van der Waals surface area contributed by atoms with Gasteiger partial charge in [-0.15, -0.1) is 0 Å². The van der Waals surface area contributed by atoms with Gasteiger partial charge in [0, 0.05) is 32.6 Å². The fourth-order valence-electron chi connectivity index (χ4n) is 4.27. The van der Waals surface area contributed by atoms with Crippen LogP contribution in [0.2, 0.25) is 0 Å². The van der Waals surface area contributed by atoms with Gasteiger partial charge in [0.25, 0.3) is 0 Å². The number of benzene rings is 1. The van der Waals surface area contributed by atoms with Crippen molar-refractivity contribution in [2.24, 2.45) is 5.92 Å². The number of methoxy groups -OCH3 is 1. The number of nitrogens with zero attached hydrogens (tertiary/aromatic N) is 1. The zero-order chi connectivity index (χ0) is 16.6. The Labute approximate surface area is 159 Å². The van der Waals surface area contributed by atoms with Crippen LogP contribution in [0.3, 0.4) is 0 Å². The van der Waals surface area contributed by atoms with Crippen molar-refractivity contribution in [1.29, 1.82) is 0 Å². The molecule has 1 aromatic rings. The Morgan fingerprint density at radius 2 is 2.09 bits per heavy atom. The molecule has 2 saturated heterocycles. The number of carbonyl (C=O) groups excluding carboxylic acids is 1. The highest BCUT2D eigenvalue weighted by Crippen LogP contribution is 2.47. The largest absolute Gasteiger partial charge is 0.469 e. The molecule has 0 N–H and O–H groups in total. The molecule has 0 spiro atoms. The van der Waals surface area contributed by atoms with Gasteiger partial charge in [-0.3, -0.25) is 9.69 Å². The molecule has 0 amide bonds. The summed E-state index contributed by atoms with van der Waals surface area (Å²) in [4.78, 5) is 15.0. The van der Waals surface area contributed by atoms with Crippen molar-refractivity contribution in [3.8, 4) is 0 Å². The van der Waals surface area contributed by atoms with Gasteiger partial charge in [0.15, 0.2) is 0 Å². The van der Waals surface area contributed by atoms with Crippen LogP contribution in [-0.2, 0) is 9.53 Å². The minimum Gasteiger partial charge on any atom is -0.469 e.